The first-order chi connectivity index (χ1) is 7.76. The number of halogens is 6. The Morgan fingerprint density at radius 1 is 1.24 bits per heavy atom. The zero-order chi connectivity index (χ0) is 13.2. The lowest BCUT2D eigenvalue weighted by Crippen LogP contribution is -2.17. The first-order valence-corrected chi connectivity index (χ1v) is 5.03. The van der Waals surface area contributed by atoms with Crippen molar-refractivity contribution in [3.05, 3.63) is 21.1 Å². The Bertz CT molecular complexity index is 451. The van der Waals surface area contributed by atoms with Crippen LogP contribution in [-0.4, -0.2) is 12.8 Å². The lowest BCUT2D eigenvalue weighted by Gasteiger charge is -2.14. The van der Waals surface area contributed by atoms with E-state index >= 15 is 0 Å². The quantitative estimate of drug-likeness (QED) is 0.674. The second-order valence-electron chi connectivity index (χ2n) is 2.67. The summed E-state index contributed by atoms with van der Waals surface area (Å²) in [6.45, 7) is 0. The van der Waals surface area contributed by atoms with Crippen LogP contribution in [0.4, 0.5) is 18.9 Å². The summed E-state index contributed by atoms with van der Waals surface area (Å²) in [5.41, 5.74) is -0.0946. The van der Waals surface area contributed by atoms with E-state index in [1.807, 2.05) is 0 Å². The summed E-state index contributed by atoms with van der Waals surface area (Å²) in [5.74, 6) is -0.745. The number of nitrogens with one attached hydrogen (secondary N) is 1. The van der Waals surface area contributed by atoms with Crippen LogP contribution in [0.2, 0.25) is 15.1 Å². The molecule has 1 amide bonds. The van der Waals surface area contributed by atoms with Gasteiger partial charge in [0, 0.05) is 6.07 Å². The van der Waals surface area contributed by atoms with Gasteiger partial charge in [-0.1, -0.05) is 34.8 Å². The molecule has 9 heteroatoms. The second-order valence-corrected chi connectivity index (χ2v) is 3.83. The van der Waals surface area contributed by atoms with Crippen LogP contribution in [-0.2, 0) is 4.79 Å². The number of carbonyl (C=O) groups excluding carboxylic acids is 1. The van der Waals surface area contributed by atoms with E-state index in [-0.39, 0.29) is 22.1 Å². The maximum atomic E-state index is 12.0. The van der Waals surface area contributed by atoms with Gasteiger partial charge in [-0.25, -0.2) is 0 Å². The molecule has 0 atom stereocenters. The van der Waals surface area contributed by atoms with Gasteiger partial charge in [0.2, 0.25) is 6.41 Å². The molecule has 0 spiro atoms. The van der Waals surface area contributed by atoms with Gasteiger partial charge in [0.05, 0.1) is 15.7 Å². The van der Waals surface area contributed by atoms with E-state index in [0.717, 1.165) is 6.07 Å². The van der Waals surface area contributed by atoms with E-state index < -0.39 is 17.1 Å². The summed E-state index contributed by atoms with van der Waals surface area (Å²) in [4.78, 5) is 10.2. The van der Waals surface area contributed by atoms with Crippen LogP contribution in [0.5, 0.6) is 5.75 Å². The van der Waals surface area contributed by atoms with Crippen molar-refractivity contribution < 1.29 is 22.7 Å². The van der Waals surface area contributed by atoms with Crippen molar-refractivity contribution in [1.29, 1.82) is 0 Å². The highest BCUT2D eigenvalue weighted by molar-refractivity contribution is 6.47. The van der Waals surface area contributed by atoms with Gasteiger partial charge >= 0.3 is 6.36 Å². The lowest BCUT2D eigenvalue weighted by molar-refractivity contribution is -0.274. The van der Waals surface area contributed by atoms with Crippen molar-refractivity contribution in [3.8, 4) is 5.75 Å². The van der Waals surface area contributed by atoms with Crippen molar-refractivity contribution >= 4 is 46.9 Å². The van der Waals surface area contributed by atoms with Crippen LogP contribution in [0, 0.1) is 0 Å². The van der Waals surface area contributed by atoms with Crippen molar-refractivity contribution in [2.75, 3.05) is 5.32 Å². The predicted octanol–water partition coefficient (Wildman–Crippen LogP) is 4.11. The summed E-state index contributed by atoms with van der Waals surface area (Å²) < 4.78 is 39.6. The van der Waals surface area contributed by atoms with Crippen LogP contribution in [0.25, 0.3) is 0 Å². The van der Waals surface area contributed by atoms with E-state index in [4.69, 9.17) is 34.8 Å². The molecule has 0 saturated carbocycles. The Labute approximate surface area is 108 Å². The number of anilines is 1. The number of carbonyl (C=O) groups is 1. The van der Waals surface area contributed by atoms with Crippen molar-refractivity contribution in [2.45, 2.75) is 6.36 Å². The highest BCUT2D eigenvalue weighted by atomic mass is 35.5. The minimum absolute atomic E-state index is 0.0946. The van der Waals surface area contributed by atoms with Crippen LogP contribution >= 0.6 is 34.8 Å². The summed E-state index contributed by atoms with van der Waals surface area (Å²) >= 11 is 16.8. The van der Waals surface area contributed by atoms with Gasteiger partial charge in [0.1, 0.15) is 5.02 Å². The van der Waals surface area contributed by atoms with E-state index in [0.29, 0.717) is 0 Å². The molecule has 94 valence electrons. The van der Waals surface area contributed by atoms with E-state index in [2.05, 4.69) is 10.1 Å². The molecule has 0 aliphatic heterocycles. The summed E-state index contributed by atoms with van der Waals surface area (Å²) in [6, 6.07) is 0.801. The summed E-state index contributed by atoms with van der Waals surface area (Å²) in [6.07, 6.45) is -4.66. The molecular formula is C8H3Cl3F3NO2. The van der Waals surface area contributed by atoms with E-state index in [1.54, 1.807) is 0 Å². The molecule has 0 aliphatic carbocycles. The number of hydrogen-bond acceptors (Lipinski definition) is 2. The molecule has 0 unspecified atom stereocenters. The van der Waals surface area contributed by atoms with Gasteiger partial charge in [-0.3, -0.25) is 4.79 Å². The normalized spacial score (nSPS) is 11.2. The molecule has 0 saturated heterocycles. The molecule has 0 radical (unpaired) electrons. The summed E-state index contributed by atoms with van der Waals surface area (Å²) in [7, 11) is 0. The first kappa shape index (κ1) is 14.2. The van der Waals surface area contributed by atoms with Gasteiger partial charge in [0.15, 0.2) is 5.75 Å². The van der Waals surface area contributed by atoms with Gasteiger partial charge in [-0.2, -0.15) is 0 Å². The van der Waals surface area contributed by atoms with Crippen molar-refractivity contribution in [2.24, 2.45) is 0 Å². The molecule has 0 heterocycles. The zero-order valence-electron chi connectivity index (χ0n) is 7.74. The average Bonchev–Trinajstić information content (AvgIpc) is 2.19. The fraction of sp³-hybridized carbons (Fsp3) is 0.125. The van der Waals surface area contributed by atoms with Gasteiger partial charge in [0.25, 0.3) is 0 Å². The molecular weight excluding hydrogens is 305 g/mol. The van der Waals surface area contributed by atoms with Gasteiger partial charge in [-0.05, 0) is 0 Å². The van der Waals surface area contributed by atoms with Crippen LogP contribution in [0.1, 0.15) is 0 Å². The third kappa shape index (κ3) is 3.55. The number of hydrogen-bond donors (Lipinski definition) is 1. The average molecular weight is 308 g/mol. The Kier molecular flexibility index (Phi) is 4.35. The van der Waals surface area contributed by atoms with Gasteiger partial charge < -0.3 is 10.1 Å². The summed E-state index contributed by atoms with van der Waals surface area (Å²) in [5, 5.41) is 1.03. The third-order valence-electron chi connectivity index (χ3n) is 1.55. The molecule has 17 heavy (non-hydrogen) atoms. The fourth-order valence-corrected chi connectivity index (χ4v) is 1.70. The molecule has 0 aliphatic rings. The number of amides is 1. The minimum Gasteiger partial charge on any atom is -0.404 e. The zero-order valence-corrected chi connectivity index (χ0v) is 10.0. The SMILES string of the molecule is O=CNc1c(Cl)cc(OC(F)(F)F)c(Cl)c1Cl. The topological polar surface area (TPSA) is 38.3 Å². The largest absolute Gasteiger partial charge is 0.573 e. The van der Waals surface area contributed by atoms with Gasteiger partial charge in [-0.15, -0.1) is 13.2 Å². The maximum absolute atomic E-state index is 12.0. The number of rotatable bonds is 3. The number of benzene rings is 1. The van der Waals surface area contributed by atoms with Crippen molar-refractivity contribution in [1.82, 2.24) is 0 Å². The third-order valence-corrected chi connectivity index (χ3v) is 2.70. The maximum Gasteiger partial charge on any atom is 0.573 e. The first-order valence-electron chi connectivity index (χ1n) is 3.89. The minimum atomic E-state index is -4.92. The standard InChI is InChI=1S/C8H3Cl3F3NO2/c9-3-1-4(17-8(12,13)14)5(10)6(11)7(3)15-2-16/h1-2H,(H,15,16). The highest BCUT2D eigenvalue weighted by Crippen LogP contribution is 2.43. The highest BCUT2D eigenvalue weighted by Gasteiger charge is 2.33. The van der Waals surface area contributed by atoms with Crippen molar-refractivity contribution in [3.63, 3.8) is 0 Å². The van der Waals surface area contributed by atoms with Crippen LogP contribution in [0.15, 0.2) is 6.07 Å². The Morgan fingerprint density at radius 2 is 1.82 bits per heavy atom. The molecule has 0 aromatic heterocycles. The Balaban J connectivity index is 3.24. The molecule has 3 nitrogen and oxygen atoms in total. The Morgan fingerprint density at radius 3 is 2.29 bits per heavy atom. The second kappa shape index (κ2) is 5.20. The van der Waals surface area contributed by atoms with E-state index in [9.17, 15) is 18.0 Å². The monoisotopic (exact) mass is 307 g/mol. The molecule has 1 rings (SSSR count). The predicted molar refractivity (Wildman–Crippen MR) is 57.8 cm³/mol. The molecule has 0 fully saturated rings. The van der Waals surface area contributed by atoms with E-state index in [1.165, 1.54) is 0 Å². The fourth-order valence-electron chi connectivity index (χ4n) is 0.964. The lowest BCUT2D eigenvalue weighted by atomic mass is 10.3. The molecule has 1 aromatic rings. The number of ether oxygens (including phenoxy) is 1. The molecule has 1 aromatic carbocycles. The molecule has 1 N–H and O–H groups in total. The molecule has 0 bridgehead atoms. The Hall–Kier alpha value is -0.850. The smallest absolute Gasteiger partial charge is 0.404 e. The number of alkyl halides is 3. The van der Waals surface area contributed by atoms with Crippen LogP contribution in [0.3, 0.4) is 0 Å². The van der Waals surface area contributed by atoms with Crippen LogP contribution < -0.4 is 10.1 Å².